The fourth-order valence-electron chi connectivity index (χ4n) is 1.01. The van der Waals surface area contributed by atoms with Crippen molar-refractivity contribution in [1.29, 1.82) is 0 Å². The fraction of sp³-hybridized carbons (Fsp3) is 0.333. The second-order valence-corrected chi connectivity index (χ2v) is 3.46. The van der Waals surface area contributed by atoms with Crippen LogP contribution in [0.15, 0.2) is 24.3 Å². The Kier molecular flexibility index (Phi) is 2.78. The van der Waals surface area contributed by atoms with Gasteiger partial charge in [-0.1, -0.05) is 29.8 Å². The molecule has 1 N–H and O–H groups in total. The average Bonchev–Trinajstić information content (AvgIpc) is 2.02. The van der Waals surface area contributed by atoms with Gasteiger partial charge in [0.2, 0.25) is 0 Å². The topological polar surface area (TPSA) is 20.2 Å². The molecule has 0 aliphatic carbocycles. The summed E-state index contributed by atoms with van der Waals surface area (Å²) in [4.78, 5) is 0. The molecule has 78 valence electrons. The molecule has 1 aromatic rings. The van der Waals surface area contributed by atoms with E-state index in [2.05, 4.69) is 0 Å². The Morgan fingerprint density at radius 2 is 1.71 bits per heavy atom. The van der Waals surface area contributed by atoms with Gasteiger partial charge in [-0.3, -0.25) is 0 Å². The molecule has 0 heterocycles. The Balaban J connectivity index is 3.23. The molecule has 0 radical (unpaired) electrons. The van der Waals surface area contributed by atoms with Crippen LogP contribution < -0.4 is 0 Å². The Morgan fingerprint density at radius 1 is 1.21 bits per heavy atom. The summed E-state index contributed by atoms with van der Waals surface area (Å²) in [5.41, 5.74) is -3.25. The van der Waals surface area contributed by atoms with Crippen molar-refractivity contribution in [2.24, 2.45) is 0 Å². The van der Waals surface area contributed by atoms with Gasteiger partial charge >= 0.3 is 6.18 Å². The van der Waals surface area contributed by atoms with Gasteiger partial charge in [0.05, 0.1) is 0 Å². The van der Waals surface area contributed by atoms with E-state index in [0.29, 0.717) is 6.92 Å². The van der Waals surface area contributed by atoms with Crippen LogP contribution in [0.2, 0.25) is 5.02 Å². The predicted molar refractivity (Wildman–Crippen MR) is 47.1 cm³/mol. The third-order valence-corrected chi connectivity index (χ3v) is 2.28. The number of rotatable bonds is 1. The molecule has 1 unspecified atom stereocenters. The molecule has 0 saturated heterocycles. The minimum absolute atomic E-state index is 0.102. The van der Waals surface area contributed by atoms with Crippen LogP contribution in [0.3, 0.4) is 0 Å². The van der Waals surface area contributed by atoms with Gasteiger partial charge in [0.25, 0.3) is 0 Å². The van der Waals surface area contributed by atoms with Crippen LogP contribution in [-0.2, 0) is 5.60 Å². The highest BCUT2D eigenvalue weighted by Gasteiger charge is 2.51. The van der Waals surface area contributed by atoms with E-state index in [9.17, 15) is 18.3 Å². The van der Waals surface area contributed by atoms with Crippen molar-refractivity contribution in [2.45, 2.75) is 18.7 Å². The number of halogens is 4. The molecule has 0 aromatic heterocycles. The smallest absolute Gasteiger partial charge is 0.376 e. The van der Waals surface area contributed by atoms with Crippen LogP contribution in [0.4, 0.5) is 13.2 Å². The Morgan fingerprint density at radius 3 is 2.14 bits per heavy atom. The van der Waals surface area contributed by atoms with Crippen molar-refractivity contribution in [1.82, 2.24) is 0 Å². The molecule has 0 aliphatic rings. The van der Waals surface area contributed by atoms with Crippen LogP contribution in [-0.4, -0.2) is 11.3 Å². The monoisotopic (exact) mass is 224 g/mol. The standard InChI is InChI=1S/C9H8ClF3O/c1-8(14,9(11,12)13)6-4-2-3-5-7(6)10/h2-5,14H,1H3. The van der Waals surface area contributed by atoms with Crippen molar-refractivity contribution < 1.29 is 18.3 Å². The van der Waals surface area contributed by atoms with Gasteiger partial charge in [-0.05, 0) is 13.0 Å². The SMILES string of the molecule is CC(O)(c1ccccc1Cl)C(F)(F)F. The molecule has 0 fully saturated rings. The highest BCUT2D eigenvalue weighted by atomic mass is 35.5. The summed E-state index contributed by atoms with van der Waals surface area (Å²) >= 11 is 5.55. The lowest BCUT2D eigenvalue weighted by Crippen LogP contribution is -2.39. The number of hydrogen-bond donors (Lipinski definition) is 1. The molecule has 0 bridgehead atoms. The lowest BCUT2D eigenvalue weighted by molar-refractivity contribution is -0.258. The third kappa shape index (κ3) is 1.86. The van der Waals surface area contributed by atoms with Gasteiger partial charge in [-0.15, -0.1) is 0 Å². The van der Waals surface area contributed by atoms with Gasteiger partial charge in [-0.25, -0.2) is 0 Å². The van der Waals surface area contributed by atoms with Crippen LogP contribution in [0.5, 0.6) is 0 Å². The summed E-state index contributed by atoms with van der Waals surface area (Å²) < 4.78 is 37.2. The molecule has 0 saturated carbocycles. The van der Waals surface area contributed by atoms with E-state index in [0.717, 1.165) is 6.07 Å². The van der Waals surface area contributed by atoms with Gasteiger partial charge < -0.3 is 5.11 Å². The Labute approximate surface area is 84.1 Å². The second-order valence-electron chi connectivity index (χ2n) is 3.05. The van der Waals surface area contributed by atoms with Gasteiger partial charge in [0.15, 0.2) is 5.60 Å². The molecule has 1 aromatic carbocycles. The van der Waals surface area contributed by atoms with Crippen molar-refractivity contribution in [2.75, 3.05) is 0 Å². The summed E-state index contributed by atoms with van der Waals surface area (Å²) in [5, 5.41) is 9.19. The quantitative estimate of drug-likeness (QED) is 0.777. The molecule has 0 amide bonds. The largest absolute Gasteiger partial charge is 0.421 e. The molecular weight excluding hydrogens is 217 g/mol. The van der Waals surface area contributed by atoms with Crippen molar-refractivity contribution in [3.63, 3.8) is 0 Å². The maximum absolute atomic E-state index is 12.4. The number of benzene rings is 1. The van der Waals surface area contributed by atoms with E-state index in [-0.39, 0.29) is 10.6 Å². The zero-order chi connectivity index (χ0) is 11.0. The van der Waals surface area contributed by atoms with E-state index < -0.39 is 11.8 Å². The molecule has 0 aliphatic heterocycles. The Bertz CT molecular complexity index is 333. The molecule has 5 heteroatoms. The van der Waals surface area contributed by atoms with E-state index in [1.165, 1.54) is 18.2 Å². The lowest BCUT2D eigenvalue weighted by Gasteiger charge is -2.27. The average molecular weight is 225 g/mol. The van der Waals surface area contributed by atoms with Crippen LogP contribution in [0.1, 0.15) is 12.5 Å². The van der Waals surface area contributed by atoms with Crippen LogP contribution >= 0.6 is 11.6 Å². The van der Waals surface area contributed by atoms with E-state index in [1.54, 1.807) is 0 Å². The molecule has 1 nitrogen and oxygen atoms in total. The third-order valence-electron chi connectivity index (χ3n) is 1.95. The minimum atomic E-state index is -4.74. The van der Waals surface area contributed by atoms with Gasteiger partial charge in [0.1, 0.15) is 0 Å². The maximum Gasteiger partial charge on any atom is 0.421 e. The molecular formula is C9H8ClF3O. The zero-order valence-corrected chi connectivity index (χ0v) is 8.02. The van der Waals surface area contributed by atoms with E-state index in [4.69, 9.17) is 11.6 Å². The second kappa shape index (κ2) is 3.44. The molecule has 1 rings (SSSR count). The first-order chi connectivity index (χ1) is 6.27. The van der Waals surface area contributed by atoms with E-state index in [1.807, 2.05) is 0 Å². The highest BCUT2D eigenvalue weighted by molar-refractivity contribution is 6.31. The first kappa shape index (κ1) is 11.3. The van der Waals surface area contributed by atoms with Crippen molar-refractivity contribution in [3.05, 3.63) is 34.9 Å². The van der Waals surface area contributed by atoms with Gasteiger partial charge in [0, 0.05) is 10.6 Å². The molecule has 1 atom stereocenters. The van der Waals surface area contributed by atoms with Crippen LogP contribution in [0.25, 0.3) is 0 Å². The summed E-state index contributed by atoms with van der Waals surface area (Å²) in [5.74, 6) is 0. The first-order valence-corrected chi connectivity index (χ1v) is 4.18. The summed E-state index contributed by atoms with van der Waals surface area (Å²) in [7, 11) is 0. The zero-order valence-electron chi connectivity index (χ0n) is 7.27. The first-order valence-electron chi connectivity index (χ1n) is 3.81. The highest BCUT2D eigenvalue weighted by Crippen LogP contribution is 2.40. The Hall–Kier alpha value is -0.740. The normalized spacial score (nSPS) is 16.4. The number of alkyl halides is 3. The lowest BCUT2D eigenvalue weighted by atomic mass is 9.95. The predicted octanol–water partition coefficient (Wildman–Crippen LogP) is 3.11. The molecule has 0 spiro atoms. The number of aliphatic hydroxyl groups is 1. The van der Waals surface area contributed by atoms with Gasteiger partial charge in [-0.2, -0.15) is 13.2 Å². The van der Waals surface area contributed by atoms with Crippen molar-refractivity contribution in [3.8, 4) is 0 Å². The van der Waals surface area contributed by atoms with Crippen molar-refractivity contribution >= 4 is 11.6 Å². The summed E-state index contributed by atoms with van der Waals surface area (Å²) in [6, 6.07) is 5.34. The fourth-order valence-corrected chi connectivity index (χ4v) is 1.33. The summed E-state index contributed by atoms with van der Waals surface area (Å²) in [6.45, 7) is 0.675. The van der Waals surface area contributed by atoms with Crippen LogP contribution in [0, 0.1) is 0 Å². The number of hydrogen-bond acceptors (Lipinski definition) is 1. The summed E-state index contributed by atoms with van der Waals surface area (Å²) in [6.07, 6.45) is -4.74. The molecule has 14 heavy (non-hydrogen) atoms. The minimum Gasteiger partial charge on any atom is -0.376 e. The maximum atomic E-state index is 12.4. The van der Waals surface area contributed by atoms with E-state index >= 15 is 0 Å².